The number of hydrogen-bond donors (Lipinski definition) is 0. The van der Waals surface area contributed by atoms with Gasteiger partial charge in [0.1, 0.15) is 0 Å². The fourth-order valence-electron chi connectivity index (χ4n) is 3.98. The molecule has 0 amide bonds. The number of halogens is 1. The lowest BCUT2D eigenvalue weighted by Gasteiger charge is -2.13. The molecular weight excluding hydrogens is 452 g/mol. The van der Waals surface area contributed by atoms with Crippen molar-refractivity contribution in [2.24, 2.45) is 0 Å². The summed E-state index contributed by atoms with van der Waals surface area (Å²) < 4.78 is 23.8. The van der Waals surface area contributed by atoms with Gasteiger partial charge < -0.3 is 18.9 Å². The summed E-state index contributed by atoms with van der Waals surface area (Å²) in [5.41, 5.74) is 6.45. The number of aryl methyl sites for hydroxylation is 1. The fraction of sp³-hybridized carbons (Fsp3) is 0.222. The van der Waals surface area contributed by atoms with Gasteiger partial charge in [0, 0.05) is 21.7 Å². The van der Waals surface area contributed by atoms with Crippen LogP contribution in [0.2, 0.25) is 5.02 Å². The lowest BCUT2D eigenvalue weighted by atomic mass is 10.0. The van der Waals surface area contributed by atoms with Crippen LogP contribution < -0.4 is 18.9 Å². The molecule has 176 valence electrons. The Balaban J connectivity index is 1.98. The summed E-state index contributed by atoms with van der Waals surface area (Å²) in [4.78, 5) is 0. The molecule has 34 heavy (non-hydrogen) atoms. The van der Waals surface area contributed by atoms with E-state index in [1.54, 1.807) is 28.4 Å². The van der Waals surface area contributed by atoms with Gasteiger partial charge in [-0.2, -0.15) is 5.10 Å². The Hall–Kier alpha value is -3.64. The van der Waals surface area contributed by atoms with Crippen molar-refractivity contribution in [3.63, 3.8) is 0 Å². The Morgan fingerprint density at radius 1 is 0.676 bits per heavy atom. The zero-order chi connectivity index (χ0) is 24.4. The Morgan fingerprint density at radius 3 is 1.79 bits per heavy atom. The van der Waals surface area contributed by atoms with E-state index in [-0.39, 0.29) is 0 Å². The van der Waals surface area contributed by atoms with Crippen molar-refractivity contribution < 1.29 is 18.9 Å². The molecule has 7 heteroatoms. The van der Waals surface area contributed by atoms with Crippen molar-refractivity contribution in [1.29, 1.82) is 0 Å². The molecule has 0 spiro atoms. The summed E-state index contributed by atoms with van der Waals surface area (Å²) in [5.74, 6) is 2.60. The van der Waals surface area contributed by atoms with Crippen molar-refractivity contribution in [3.8, 4) is 51.2 Å². The third kappa shape index (κ3) is 4.17. The lowest BCUT2D eigenvalue weighted by molar-refractivity contribution is 0.355. The van der Waals surface area contributed by atoms with E-state index in [2.05, 4.69) is 6.92 Å². The van der Waals surface area contributed by atoms with Crippen LogP contribution in [0, 0.1) is 13.8 Å². The van der Waals surface area contributed by atoms with Crippen LogP contribution in [-0.2, 0) is 0 Å². The van der Waals surface area contributed by atoms with E-state index < -0.39 is 0 Å². The van der Waals surface area contributed by atoms with Crippen LogP contribution in [0.25, 0.3) is 28.2 Å². The first kappa shape index (κ1) is 23.5. The van der Waals surface area contributed by atoms with E-state index >= 15 is 0 Å². The third-order valence-corrected chi connectivity index (χ3v) is 6.24. The van der Waals surface area contributed by atoms with E-state index in [1.807, 2.05) is 66.2 Å². The fourth-order valence-corrected chi connectivity index (χ4v) is 4.15. The van der Waals surface area contributed by atoms with Crippen LogP contribution in [-0.4, -0.2) is 38.2 Å². The summed E-state index contributed by atoms with van der Waals surface area (Å²) in [6, 6.07) is 17.5. The van der Waals surface area contributed by atoms with E-state index in [9.17, 15) is 0 Å². The molecule has 0 bridgehead atoms. The molecule has 4 aromatic rings. The molecule has 0 atom stereocenters. The lowest BCUT2D eigenvalue weighted by Crippen LogP contribution is -2.01. The second-order valence-corrected chi connectivity index (χ2v) is 8.21. The first-order valence-electron chi connectivity index (χ1n) is 10.7. The zero-order valence-corrected chi connectivity index (χ0v) is 20.9. The Bertz CT molecular complexity index is 1350. The number of methoxy groups -OCH3 is 4. The summed E-state index contributed by atoms with van der Waals surface area (Å²) in [6.07, 6.45) is 0. The van der Waals surface area contributed by atoms with Gasteiger partial charge in [0.05, 0.1) is 45.5 Å². The standard InChI is InChI=1S/C27H27ClN2O4/c1-16-7-10-20(15-21(16)28)30-27(19-9-12-23(32-4)25(14-19)34-6)17(2)26(29-30)18-8-11-22(31-3)24(13-18)33-5/h7-15H,1-6H3. The van der Waals surface area contributed by atoms with E-state index in [0.717, 1.165) is 39.3 Å². The zero-order valence-electron chi connectivity index (χ0n) is 20.1. The van der Waals surface area contributed by atoms with Crippen LogP contribution >= 0.6 is 11.6 Å². The van der Waals surface area contributed by atoms with Crippen LogP contribution in [0.4, 0.5) is 0 Å². The summed E-state index contributed by atoms with van der Waals surface area (Å²) in [6.45, 7) is 4.03. The first-order chi connectivity index (χ1) is 16.4. The number of hydrogen-bond acceptors (Lipinski definition) is 5. The average molecular weight is 479 g/mol. The van der Waals surface area contributed by atoms with Crippen molar-refractivity contribution in [3.05, 3.63) is 70.7 Å². The highest BCUT2D eigenvalue weighted by atomic mass is 35.5. The molecule has 0 aliphatic heterocycles. The molecule has 0 fully saturated rings. The van der Waals surface area contributed by atoms with Gasteiger partial charge in [-0.3, -0.25) is 0 Å². The van der Waals surface area contributed by atoms with Crippen molar-refractivity contribution in [1.82, 2.24) is 9.78 Å². The van der Waals surface area contributed by atoms with Crippen molar-refractivity contribution >= 4 is 11.6 Å². The SMILES string of the molecule is COc1ccc(-c2nn(-c3ccc(C)c(Cl)c3)c(-c3ccc(OC)c(OC)c3)c2C)cc1OC. The molecule has 6 nitrogen and oxygen atoms in total. The van der Waals surface area contributed by atoms with Gasteiger partial charge in [-0.25, -0.2) is 4.68 Å². The molecule has 0 aliphatic carbocycles. The molecule has 0 saturated carbocycles. The molecule has 0 N–H and O–H groups in total. The number of benzene rings is 3. The predicted molar refractivity (Wildman–Crippen MR) is 135 cm³/mol. The van der Waals surface area contributed by atoms with Crippen LogP contribution in [0.3, 0.4) is 0 Å². The smallest absolute Gasteiger partial charge is 0.161 e. The molecule has 4 rings (SSSR count). The van der Waals surface area contributed by atoms with Crippen LogP contribution in [0.5, 0.6) is 23.0 Å². The minimum absolute atomic E-state index is 0.639. The number of nitrogens with zero attached hydrogens (tertiary/aromatic N) is 2. The molecule has 0 saturated heterocycles. The maximum atomic E-state index is 6.48. The maximum Gasteiger partial charge on any atom is 0.161 e. The largest absolute Gasteiger partial charge is 0.493 e. The Kier molecular flexibility index (Phi) is 6.70. The van der Waals surface area contributed by atoms with Gasteiger partial charge in [-0.15, -0.1) is 0 Å². The number of aromatic nitrogens is 2. The molecule has 0 radical (unpaired) electrons. The van der Waals surface area contributed by atoms with Crippen molar-refractivity contribution in [2.45, 2.75) is 13.8 Å². The molecule has 3 aromatic carbocycles. The van der Waals surface area contributed by atoms with Crippen LogP contribution in [0.15, 0.2) is 54.6 Å². The molecule has 1 aromatic heterocycles. The van der Waals surface area contributed by atoms with Crippen molar-refractivity contribution in [2.75, 3.05) is 28.4 Å². The van der Waals surface area contributed by atoms with Gasteiger partial charge in [0.2, 0.25) is 0 Å². The highest BCUT2D eigenvalue weighted by Crippen LogP contribution is 2.40. The second-order valence-electron chi connectivity index (χ2n) is 7.81. The molecule has 1 heterocycles. The average Bonchev–Trinajstić information content (AvgIpc) is 3.21. The van der Waals surface area contributed by atoms with Gasteiger partial charge >= 0.3 is 0 Å². The molecule has 0 unspecified atom stereocenters. The van der Waals surface area contributed by atoms with E-state index in [4.69, 9.17) is 35.6 Å². The van der Waals surface area contributed by atoms with Gasteiger partial charge in [-0.1, -0.05) is 17.7 Å². The predicted octanol–water partition coefficient (Wildman–Crippen LogP) is 6.51. The highest BCUT2D eigenvalue weighted by Gasteiger charge is 2.21. The normalized spacial score (nSPS) is 10.8. The number of ether oxygens (including phenoxy) is 4. The highest BCUT2D eigenvalue weighted by molar-refractivity contribution is 6.31. The summed E-state index contributed by atoms with van der Waals surface area (Å²) in [7, 11) is 6.49. The van der Waals surface area contributed by atoms with Gasteiger partial charge in [0.25, 0.3) is 0 Å². The minimum Gasteiger partial charge on any atom is -0.493 e. The third-order valence-electron chi connectivity index (χ3n) is 5.84. The Labute approximate surface area is 204 Å². The summed E-state index contributed by atoms with van der Waals surface area (Å²) in [5, 5.41) is 5.69. The van der Waals surface area contributed by atoms with Gasteiger partial charge in [-0.05, 0) is 67.9 Å². The summed E-state index contributed by atoms with van der Waals surface area (Å²) >= 11 is 6.48. The minimum atomic E-state index is 0.639. The Morgan fingerprint density at radius 2 is 1.24 bits per heavy atom. The van der Waals surface area contributed by atoms with Gasteiger partial charge in [0.15, 0.2) is 23.0 Å². The second kappa shape index (κ2) is 9.69. The number of rotatable bonds is 7. The quantitative estimate of drug-likeness (QED) is 0.303. The topological polar surface area (TPSA) is 54.7 Å². The molecular formula is C27H27ClN2O4. The van der Waals surface area contributed by atoms with E-state index in [0.29, 0.717) is 28.0 Å². The van der Waals surface area contributed by atoms with E-state index in [1.165, 1.54) is 0 Å². The monoisotopic (exact) mass is 478 g/mol. The maximum absolute atomic E-state index is 6.48. The van der Waals surface area contributed by atoms with Crippen LogP contribution in [0.1, 0.15) is 11.1 Å². The molecule has 0 aliphatic rings. The first-order valence-corrected chi connectivity index (χ1v) is 11.1.